The van der Waals surface area contributed by atoms with Crippen molar-refractivity contribution < 1.29 is 19.4 Å². The Balaban J connectivity index is 1.84. The highest BCUT2D eigenvalue weighted by Gasteiger charge is 2.52. The minimum absolute atomic E-state index is 0.0913. The lowest BCUT2D eigenvalue weighted by molar-refractivity contribution is -0.161. The van der Waals surface area contributed by atoms with Crippen LogP contribution in [0.25, 0.3) is 0 Å². The number of ether oxygens (including phenoxy) is 1. The molecule has 0 radical (unpaired) electrons. The predicted molar refractivity (Wildman–Crippen MR) is 142 cm³/mol. The average Bonchev–Trinajstić information content (AvgIpc) is 2.85. The highest BCUT2D eigenvalue weighted by molar-refractivity contribution is 6.30. The number of amides is 1. The molecule has 2 aromatic rings. The van der Waals surface area contributed by atoms with Gasteiger partial charge in [0.15, 0.2) is 0 Å². The van der Waals surface area contributed by atoms with E-state index in [1.165, 1.54) is 0 Å². The number of hydrogen-bond donors (Lipinski definition) is 1. The molecule has 36 heavy (non-hydrogen) atoms. The maximum Gasteiger partial charge on any atom is 0.304 e. The number of aliphatic carboxylic acids is 1. The first-order chi connectivity index (χ1) is 17.2. The number of likely N-dealkylation sites (tertiary alicyclic amines) is 1. The molecular formula is C28H34Cl2N2O4. The molecule has 194 valence electrons. The van der Waals surface area contributed by atoms with Gasteiger partial charge in [-0.25, -0.2) is 0 Å². The third-order valence-corrected chi connectivity index (χ3v) is 8.06. The fourth-order valence-electron chi connectivity index (χ4n) is 5.78. The highest BCUT2D eigenvalue weighted by Crippen LogP contribution is 2.52. The predicted octanol–water partition coefficient (Wildman–Crippen LogP) is 5.64. The molecule has 2 heterocycles. The SMILES string of the molecule is CCC(CN1CCOCC1)N1C(=O)C(C)(CC(=O)O)CC(c2cccc(Cl)c2)C1c1ccc(Cl)cc1. The van der Waals surface area contributed by atoms with Gasteiger partial charge in [0, 0.05) is 41.6 Å². The minimum Gasteiger partial charge on any atom is -0.481 e. The molecule has 6 nitrogen and oxygen atoms in total. The topological polar surface area (TPSA) is 70.1 Å². The summed E-state index contributed by atoms with van der Waals surface area (Å²) in [7, 11) is 0. The lowest BCUT2D eigenvalue weighted by Gasteiger charge is -2.52. The fourth-order valence-corrected chi connectivity index (χ4v) is 6.10. The molecule has 0 aromatic heterocycles. The molecule has 4 rings (SSSR count). The Labute approximate surface area is 223 Å². The summed E-state index contributed by atoms with van der Waals surface area (Å²) in [5.41, 5.74) is 0.938. The van der Waals surface area contributed by atoms with Gasteiger partial charge in [-0.2, -0.15) is 0 Å². The van der Waals surface area contributed by atoms with Crippen LogP contribution in [0.1, 0.15) is 56.2 Å². The van der Waals surface area contributed by atoms with Crippen molar-refractivity contribution in [3.05, 3.63) is 69.7 Å². The van der Waals surface area contributed by atoms with Crippen molar-refractivity contribution in [1.82, 2.24) is 9.80 Å². The van der Waals surface area contributed by atoms with Crippen LogP contribution in [0.4, 0.5) is 0 Å². The molecular weight excluding hydrogens is 499 g/mol. The summed E-state index contributed by atoms with van der Waals surface area (Å²) in [4.78, 5) is 30.5. The Kier molecular flexibility index (Phi) is 8.61. The molecule has 0 spiro atoms. The van der Waals surface area contributed by atoms with E-state index in [-0.39, 0.29) is 30.3 Å². The van der Waals surface area contributed by atoms with E-state index in [4.69, 9.17) is 27.9 Å². The van der Waals surface area contributed by atoms with E-state index in [1.807, 2.05) is 53.4 Å². The summed E-state index contributed by atoms with van der Waals surface area (Å²) >= 11 is 12.6. The van der Waals surface area contributed by atoms with E-state index in [9.17, 15) is 14.7 Å². The summed E-state index contributed by atoms with van der Waals surface area (Å²) in [6, 6.07) is 15.0. The first-order valence-corrected chi connectivity index (χ1v) is 13.3. The lowest BCUT2D eigenvalue weighted by Crippen LogP contribution is -2.58. The molecule has 0 aliphatic carbocycles. The van der Waals surface area contributed by atoms with Crippen LogP contribution < -0.4 is 0 Å². The van der Waals surface area contributed by atoms with Crippen molar-refractivity contribution >= 4 is 35.1 Å². The first kappa shape index (κ1) is 26.9. The molecule has 0 bridgehead atoms. The summed E-state index contributed by atoms with van der Waals surface area (Å²) in [6.07, 6.45) is 0.940. The maximum atomic E-state index is 14.3. The molecule has 2 fully saturated rings. The Morgan fingerprint density at radius 3 is 2.42 bits per heavy atom. The van der Waals surface area contributed by atoms with E-state index in [0.717, 1.165) is 30.6 Å². The van der Waals surface area contributed by atoms with E-state index in [1.54, 1.807) is 6.92 Å². The van der Waals surface area contributed by atoms with Crippen LogP contribution in [0.5, 0.6) is 0 Å². The first-order valence-electron chi connectivity index (χ1n) is 12.6. The van der Waals surface area contributed by atoms with Crippen molar-refractivity contribution in [3.63, 3.8) is 0 Å². The summed E-state index contributed by atoms with van der Waals surface area (Å²) in [5.74, 6) is -1.21. The maximum absolute atomic E-state index is 14.3. The quantitative estimate of drug-likeness (QED) is 0.476. The third kappa shape index (κ3) is 5.88. The summed E-state index contributed by atoms with van der Waals surface area (Å²) in [5, 5.41) is 11.0. The van der Waals surface area contributed by atoms with Gasteiger partial charge in [0.2, 0.25) is 5.91 Å². The monoisotopic (exact) mass is 532 g/mol. The number of nitrogens with zero attached hydrogens (tertiary/aromatic N) is 2. The van der Waals surface area contributed by atoms with E-state index >= 15 is 0 Å². The number of carboxylic acids is 1. The minimum atomic E-state index is -1.04. The van der Waals surface area contributed by atoms with Crippen LogP contribution in [-0.4, -0.2) is 65.7 Å². The molecule has 2 aliphatic heterocycles. The fraction of sp³-hybridized carbons (Fsp3) is 0.500. The molecule has 1 N–H and O–H groups in total. The van der Waals surface area contributed by atoms with Crippen LogP contribution in [0.2, 0.25) is 10.0 Å². The Hall–Kier alpha value is -2.12. The largest absolute Gasteiger partial charge is 0.481 e. The smallest absolute Gasteiger partial charge is 0.304 e. The van der Waals surface area contributed by atoms with Crippen LogP contribution in [-0.2, 0) is 14.3 Å². The summed E-state index contributed by atoms with van der Waals surface area (Å²) < 4.78 is 5.53. The highest BCUT2D eigenvalue weighted by atomic mass is 35.5. The van der Waals surface area contributed by atoms with E-state index < -0.39 is 11.4 Å². The van der Waals surface area contributed by atoms with Gasteiger partial charge in [-0.1, -0.05) is 61.3 Å². The van der Waals surface area contributed by atoms with Crippen molar-refractivity contribution in [3.8, 4) is 0 Å². The number of benzene rings is 2. The van der Waals surface area contributed by atoms with Crippen molar-refractivity contribution in [2.45, 2.75) is 51.1 Å². The zero-order valence-electron chi connectivity index (χ0n) is 20.8. The van der Waals surface area contributed by atoms with Crippen molar-refractivity contribution in [1.29, 1.82) is 0 Å². The molecule has 4 unspecified atom stereocenters. The molecule has 0 saturated carbocycles. The van der Waals surface area contributed by atoms with Gasteiger partial charge in [-0.05, 0) is 48.2 Å². The van der Waals surface area contributed by atoms with E-state index in [2.05, 4.69) is 11.8 Å². The van der Waals surface area contributed by atoms with Gasteiger partial charge < -0.3 is 14.7 Å². The van der Waals surface area contributed by atoms with Gasteiger partial charge in [0.05, 0.1) is 31.1 Å². The summed E-state index contributed by atoms with van der Waals surface area (Å²) in [6.45, 7) is 7.58. The van der Waals surface area contributed by atoms with Gasteiger partial charge >= 0.3 is 5.97 Å². The number of rotatable bonds is 8. The molecule has 1 amide bonds. The average molecular weight is 533 g/mol. The number of piperidine rings is 1. The van der Waals surface area contributed by atoms with Crippen LogP contribution in [0.15, 0.2) is 48.5 Å². The zero-order valence-corrected chi connectivity index (χ0v) is 22.3. The molecule has 2 aliphatic rings. The number of hydrogen-bond acceptors (Lipinski definition) is 4. The zero-order chi connectivity index (χ0) is 25.9. The standard InChI is InChI=1S/C28H34Cl2N2O4/c1-3-23(18-31-11-13-36-14-12-31)32-26(19-7-9-21(29)10-8-19)24(20-5-4-6-22(30)15-20)16-28(2,27(32)35)17-25(33)34/h4-10,15,23-24,26H,3,11-14,16-18H2,1-2H3,(H,33,34). The molecule has 2 aromatic carbocycles. The van der Waals surface area contributed by atoms with Crippen LogP contribution in [0.3, 0.4) is 0 Å². The number of carboxylic acid groups (broad SMARTS) is 1. The number of halogens is 2. The second kappa shape index (κ2) is 11.5. The van der Waals surface area contributed by atoms with Gasteiger partial charge in [0.1, 0.15) is 0 Å². The van der Waals surface area contributed by atoms with Gasteiger partial charge in [0.25, 0.3) is 0 Å². The lowest BCUT2D eigenvalue weighted by atomic mass is 9.67. The normalized spacial score (nSPS) is 26.1. The van der Waals surface area contributed by atoms with Crippen LogP contribution >= 0.6 is 23.2 Å². The Morgan fingerprint density at radius 1 is 1.11 bits per heavy atom. The second-order valence-electron chi connectivity index (χ2n) is 10.2. The van der Waals surface area contributed by atoms with Crippen molar-refractivity contribution in [2.24, 2.45) is 5.41 Å². The van der Waals surface area contributed by atoms with Gasteiger partial charge in [-0.3, -0.25) is 14.5 Å². The second-order valence-corrected chi connectivity index (χ2v) is 11.1. The molecule has 8 heteroatoms. The van der Waals surface area contributed by atoms with Crippen LogP contribution in [0, 0.1) is 5.41 Å². The molecule has 2 saturated heterocycles. The number of morpholine rings is 1. The molecule has 4 atom stereocenters. The third-order valence-electron chi connectivity index (χ3n) is 7.57. The Morgan fingerprint density at radius 2 is 1.81 bits per heavy atom. The Bertz CT molecular complexity index is 1070. The van der Waals surface area contributed by atoms with Crippen molar-refractivity contribution in [2.75, 3.05) is 32.8 Å². The number of carbonyl (C=O) groups excluding carboxylic acids is 1. The number of carbonyl (C=O) groups is 2. The van der Waals surface area contributed by atoms with E-state index in [0.29, 0.717) is 36.2 Å². The van der Waals surface area contributed by atoms with Gasteiger partial charge in [-0.15, -0.1) is 0 Å².